The van der Waals surface area contributed by atoms with Crippen molar-refractivity contribution < 1.29 is 14.6 Å². The van der Waals surface area contributed by atoms with Crippen LogP contribution < -0.4 is 4.74 Å². The van der Waals surface area contributed by atoms with Crippen molar-refractivity contribution in [2.75, 3.05) is 0 Å². The highest BCUT2D eigenvalue weighted by Gasteiger charge is 2.34. The van der Waals surface area contributed by atoms with Crippen molar-refractivity contribution in [3.8, 4) is 17.4 Å². The van der Waals surface area contributed by atoms with Gasteiger partial charge in [0.15, 0.2) is 6.10 Å². The third kappa shape index (κ3) is 4.20. The van der Waals surface area contributed by atoms with Crippen molar-refractivity contribution in [1.29, 1.82) is 0 Å². The number of rotatable bonds is 5. The minimum absolute atomic E-state index is 0.120. The second-order valence-electron chi connectivity index (χ2n) is 8.37. The van der Waals surface area contributed by atoms with E-state index in [9.17, 15) is 5.11 Å². The predicted octanol–water partition coefficient (Wildman–Crippen LogP) is 6.99. The van der Waals surface area contributed by atoms with Crippen molar-refractivity contribution in [3.05, 3.63) is 132 Å². The average Bonchev–Trinajstić information content (AvgIpc) is 3.36. The van der Waals surface area contributed by atoms with E-state index < -0.39 is 0 Å². The summed E-state index contributed by atoms with van der Waals surface area (Å²) in [5.41, 5.74) is 3.50. The lowest BCUT2D eigenvalue weighted by Crippen LogP contribution is -2.09. The Morgan fingerprint density at radius 3 is 2.26 bits per heavy atom. The summed E-state index contributed by atoms with van der Waals surface area (Å²) in [4.78, 5) is 9.44. The number of pyridine rings is 1. The molecular weight excluding hydrogens is 436 g/mol. The van der Waals surface area contributed by atoms with E-state index in [1.54, 1.807) is 18.2 Å². The summed E-state index contributed by atoms with van der Waals surface area (Å²) >= 11 is 0. The van der Waals surface area contributed by atoms with Gasteiger partial charge in [0.05, 0.1) is 0 Å². The fourth-order valence-electron chi connectivity index (χ4n) is 4.33. The van der Waals surface area contributed by atoms with Gasteiger partial charge in [-0.15, -0.1) is 0 Å². The van der Waals surface area contributed by atoms with E-state index in [4.69, 9.17) is 14.5 Å². The molecule has 1 aromatic heterocycles. The molecule has 1 aliphatic rings. The number of phenolic OH excluding ortho intramolecular Hbond substituents is 1. The molecule has 1 aliphatic heterocycles. The van der Waals surface area contributed by atoms with Gasteiger partial charge >= 0.3 is 0 Å². The number of para-hydroxylation sites is 1. The second-order valence-corrected chi connectivity index (χ2v) is 8.37. The van der Waals surface area contributed by atoms with Gasteiger partial charge in [-0.05, 0) is 41.5 Å². The molecular formula is C30H22N2O3. The van der Waals surface area contributed by atoms with Crippen LogP contribution in [0, 0.1) is 0 Å². The first-order valence-electron chi connectivity index (χ1n) is 11.5. The molecule has 0 spiro atoms. The Balaban J connectivity index is 1.32. The number of hydrogen-bond donors (Lipinski definition) is 1. The predicted molar refractivity (Wildman–Crippen MR) is 136 cm³/mol. The zero-order valence-electron chi connectivity index (χ0n) is 18.8. The number of ether oxygens (including phenoxy) is 2. The molecule has 1 N–H and O–H groups in total. The lowest BCUT2D eigenvalue weighted by Gasteiger charge is -2.18. The second kappa shape index (κ2) is 8.95. The van der Waals surface area contributed by atoms with Gasteiger partial charge in [0.2, 0.25) is 11.8 Å². The van der Waals surface area contributed by atoms with Crippen LogP contribution in [0.25, 0.3) is 10.9 Å². The number of benzene rings is 4. The molecule has 0 radical (unpaired) electrons. The number of aromatic hydroxyl groups is 1. The largest absolute Gasteiger partial charge is 0.506 e. The van der Waals surface area contributed by atoms with Gasteiger partial charge in [-0.2, -0.15) is 0 Å². The summed E-state index contributed by atoms with van der Waals surface area (Å²) in [6, 6.07) is 36.8. The molecule has 5 heteroatoms. The molecule has 0 bridgehead atoms. The highest BCUT2D eigenvalue weighted by Crippen LogP contribution is 2.41. The molecule has 170 valence electrons. The molecule has 35 heavy (non-hydrogen) atoms. The van der Waals surface area contributed by atoms with Crippen LogP contribution in [0.3, 0.4) is 0 Å². The summed E-state index contributed by atoms with van der Waals surface area (Å²) < 4.78 is 12.5. The summed E-state index contributed by atoms with van der Waals surface area (Å²) in [6.07, 6.45) is -0.219. The highest BCUT2D eigenvalue weighted by atomic mass is 16.5. The molecule has 4 aromatic carbocycles. The van der Waals surface area contributed by atoms with Gasteiger partial charge in [0.1, 0.15) is 23.1 Å². The minimum Gasteiger partial charge on any atom is -0.506 e. The standard InChI is InChI=1S/C30H22N2O3/c33-25-16-8-13-21-17-18-26(31-27(21)25)34-24-15-7-14-23(19-24)30-32-28(20-9-3-1-4-10-20)29(35-30)22-11-5-2-6-12-22/h1-19,28-29,33H/t28-,29+/m0/s1. The van der Waals surface area contributed by atoms with Crippen LogP contribution in [0.15, 0.2) is 120 Å². The van der Waals surface area contributed by atoms with Gasteiger partial charge in [-0.3, -0.25) is 0 Å². The molecule has 0 aliphatic carbocycles. The Hall–Kier alpha value is -4.64. The molecule has 2 heterocycles. The van der Waals surface area contributed by atoms with Gasteiger partial charge < -0.3 is 14.6 Å². The van der Waals surface area contributed by atoms with E-state index in [-0.39, 0.29) is 17.9 Å². The third-order valence-corrected chi connectivity index (χ3v) is 6.03. The number of nitrogens with zero attached hydrogens (tertiary/aromatic N) is 2. The van der Waals surface area contributed by atoms with E-state index in [2.05, 4.69) is 29.2 Å². The lowest BCUT2D eigenvalue weighted by atomic mass is 9.97. The average molecular weight is 459 g/mol. The van der Waals surface area contributed by atoms with Crippen molar-refractivity contribution in [2.24, 2.45) is 4.99 Å². The Bertz CT molecular complexity index is 1520. The van der Waals surface area contributed by atoms with Crippen LogP contribution in [0.5, 0.6) is 17.4 Å². The van der Waals surface area contributed by atoms with Crippen molar-refractivity contribution in [1.82, 2.24) is 4.98 Å². The van der Waals surface area contributed by atoms with Gasteiger partial charge in [-0.25, -0.2) is 9.98 Å². The smallest absolute Gasteiger partial charge is 0.219 e. The Morgan fingerprint density at radius 1 is 0.714 bits per heavy atom. The van der Waals surface area contributed by atoms with Gasteiger partial charge in [0, 0.05) is 17.0 Å². The third-order valence-electron chi connectivity index (χ3n) is 6.03. The maximum atomic E-state index is 10.1. The van der Waals surface area contributed by atoms with E-state index in [0.29, 0.717) is 23.0 Å². The molecule has 2 atom stereocenters. The summed E-state index contributed by atoms with van der Waals surface area (Å²) in [5.74, 6) is 1.70. The first kappa shape index (κ1) is 20.9. The monoisotopic (exact) mass is 458 g/mol. The number of phenols is 1. The van der Waals surface area contributed by atoms with Crippen LogP contribution in [-0.2, 0) is 4.74 Å². The summed E-state index contributed by atoms with van der Waals surface area (Å²) in [7, 11) is 0. The quantitative estimate of drug-likeness (QED) is 0.308. The van der Waals surface area contributed by atoms with Gasteiger partial charge in [-0.1, -0.05) is 78.9 Å². The number of aromatic nitrogens is 1. The SMILES string of the molecule is Oc1cccc2ccc(Oc3cccc(C4=N[C@@H](c5ccccc5)[C@@H](c5ccccc5)O4)c3)nc12. The van der Waals surface area contributed by atoms with Gasteiger partial charge in [0.25, 0.3) is 0 Å². The van der Waals surface area contributed by atoms with Crippen molar-refractivity contribution >= 4 is 16.8 Å². The van der Waals surface area contributed by atoms with Crippen molar-refractivity contribution in [3.63, 3.8) is 0 Å². The summed E-state index contributed by atoms with van der Waals surface area (Å²) in [6.45, 7) is 0. The zero-order chi connectivity index (χ0) is 23.6. The molecule has 5 nitrogen and oxygen atoms in total. The zero-order valence-corrected chi connectivity index (χ0v) is 18.8. The Labute approximate surface area is 203 Å². The number of hydrogen-bond acceptors (Lipinski definition) is 5. The van der Waals surface area contributed by atoms with Crippen molar-refractivity contribution in [2.45, 2.75) is 12.1 Å². The van der Waals surface area contributed by atoms with E-state index in [1.807, 2.05) is 72.8 Å². The normalized spacial score (nSPS) is 17.1. The molecule has 0 saturated heterocycles. The maximum Gasteiger partial charge on any atom is 0.219 e. The summed E-state index contributed by atoms with van der Waals surface area (Å²) in [5, 5.41) is 11.0. The maximum absolute atomic E-state index is 10.1. The van der Waals surface area contributed by atoms with Crippen LogP contribution in [-0.4, -0.2) is 16.0 Å². The first-order valence-corrected chi connectivity index (χ1v) is 11.5. The Kier molecular flexibility index (Phi) is 5.35. The fourth-order valence-corrected chi connectivity index (χ4v) is 4.33. The van der Waals surface area contributed by atoms with E-state index >= 15 is 0 Å². The van der Waals surface area contributed by atoms with Crippen LogP contribution in [0.1, 0.15) is 28.8 Å². The molecule has 5 aromatic rings. The number of aliphatic imine (C=N–C) groups is 1. The van der Waals surface area contributed by atoms with E-state index in [1.165, 1.54) is 0 Å². The Morgan fingerprint density at radius 2 is 1.46 bits per heavy atom. The highest BCUT2D eigenvalue weighted by molar-refractivity contribution is 5.96. The topological polar surface area (TPSA) is 63.9 Å². The van der Waals surface area contributed by atoms with E-state index in [0.717, 1.165) is 22.1 Å². The fraction of sp³-hybridized carbons (Fsp3) is 0.0667. The van der Waals surface area contributed by atoms with Crippen LogP contribution in [0.4, 0.5) is 0 Å². The minimum atomic E-state index is -0.219. The number of fused-ring (bicyclic) bond motifs is 1. The van der Waals surface area contributed by atoms with Crippen LogP contribution in [0.2, 0.25) is 0 Å². The van der Waals surface area contributed by atoms with Crippen LogP contribution >= 0.6 is 0 Å². The molecule has 0 fully saturated rings. The lowest BCUT2D eigenvalue weighted by molar-refractivity contribution is 0.197. The molecule has 6 rings (SSSR count). The molecule has 0 saturated carbocycles. The first-order chi connectivity index (χ1) is 17.2. The molecule has 0 amide bonds. The molecule has 0 unspecified atom stereocenters.